The highest BCUT2D eigenvalue weighted by molar-refractivity contribution is 5.79. The number of hydrogen-bond acceptors (Lipinski definition) is 3. The van der Waals surface area contributed by atoms with E-state index in [1.165, 1.54) is 5.57 Å². The van der Waals surface area contributed by atoms with Crippen LogP contribution in [0.5, 0.6) is 0 Å². The third kappa shape index (κ3) is 2.42. The molecule has 4 nitrogen and oxygen atoms in total. The van der Waals surface area contributed by atoms with Gasteiger partial charge in [0.25, 0.3) is 0 Å². The van der Waals surface area contributed by atoms with Gasteiger partial charge in [-0.3, -0.25) is 4.79 Å². The van der Waals surface area contributed by atoms with E-state index in [0.29, 0.717) is 12.8 Å². The Balaban J connectivity index is 2.22. The number of hydrogen-bond donors (Lipinski definition) is 2. The Hall–Kier alpha value is -1.13. The summed E-state index contributed by atoms with van der Waals surface area (Å²) in [4.78, 5) is 11.2. The summed E-state index contributed by atoms with van der Waals surface area (Å²) < 4.78 is 5.31. The normalized spacial score (nSPS) is 33.2. The number of carboxylic acid groups (broad SMARTS) is 1. The molecule has 0 saturated heterocycles. The summed E-state index contributed by atoms with van der Waals surface area (Å²) in [5.74, 6) is -0.895. The van der Waals surface area contributed by atoms with E-state index in [-0.39, 0.29) is 6.10 Å². The van der Waals surface area contributed by atoms with Crippen molar-refractivity contribution in [3.8, 4) is 0 Å². The highest BCUT2D eigenvalue weighted by Gasteiger charge is 2.37. The number of nitrogens with two attached hydrogens (primary N) is 1. The van der Waals surface area contributed by atoms with Gasteiger partial charge in [0.1, 0.15) is 5.54 Å². The van der Waals surface area contributed by atoms with E-state index in [9.17, 15) is 9.90 Å². The molecule has 0 spiro atoms. The quantitative estimate of drug-likeness (QED) is 0.765. The monoisotopic (exact) mass is 237 g/mol. The molecule has 0 heterocycles. The lowest BCUT2D eigenvalue weighted by Crippen LogP contribution is -2.47. The molecule has 0 saturated carbocycles. The number of carboxylic acids is 1. The van der Waals surface area contributed by atoms with E-state index in [1.54, 1.807) is 7.11 Å². The second kappa shape index (κ2) is 4.63. The molecule has 0 aromatic rings. The van der Waals surface area contributed by atoms with Gasteiger partial charge in [0.15, 0.2) is 0 Å². The zero-order valence-electron chi connectivity index (χ0n) is 10.1. The highest BCUT2D eigenvalue weighted by Crippen LogP contribution is 2.35. The summed E-state index contributed by atoms with van der Waals surface area (Å²) in [6, 6.07) is 0. The highest BCUT2D eigenvalue weighted by atomic mass is 16.5. The SMILES string of the molecule is COC1C=CC2=C(CCCC(N)(C(=O)O)C2)C1. The van der Waals surface area contributed by atoms with Gasteiger partial charge in [0.2, 0.25) is 0 Å². The van der Waals surface area contributed by atoms with Crippen LogP contribution in [0.3, 0.4) is 0 Å². The molecule has 3 N–H and O–H groups in total. The average Bonchev–Trinajstić information content (AvgIpc) is 2.47. The average molecular weight is 237 g/mol. The third-order valence-corrected chi connectivity index (χ3v) is 3.75. The second-order valence-corrected chi connectivity index (χ2v) is 4.96. The van der Waals surface area contributed by atoms with E-state index in [1.807, 2.05) is 12.2 Å². The van der Waals surface area contributed by atoms with Crippen LogP contribution in [-0.4, -0.2) is 29.8 Å². The van der Waals surface area contributed by atoms with Crippen molar-refractivity contribution in [2.75, 3.05) is 7.11 Å². The molecule has 0 radical (unpaired) electrons. The lowest BCUT2D eigenvalue weighted by molar-refractivity contribution is -0.143. The van der Waals surface area contributed by atoms with Gasteiger partial charge in [0.05, 0.1) is 6.10 Å². The van der Waals surface area contributed by atoms with E-state index in [2.05, 4.69) is 0 Å². The van der Waals surface area contributed by atoms with Gasteiger partial charge in [-0.2, -0.15) is 0 Å². The lowest BCUT2D eigenvalue weighted by Gasteiger charge is -2.25. The number of allylic oxidation sites excluding steroid dienone is 1. The Morgan fingerprint density at radius 3 is 3.06 bits per heavy atom. The molecule has 17 heavy (non-hydrogen) atoms. The molecule has 2 aliphatic rings. The van der Waals surface area contributed by atoms with E-state index in [4.69, 9.17) is 10.5 Å². The second-order valence-electron chi connectivity index (χ2n) is 4.96. The topological polar surface area (TPSA) is 72.5 Å². The predicted molar refractivity (Wildman–Crippen MR) is 64.6 cm³/mol. The summed E-state index contributed by atoms with van der Waals surface area (Å²) >= 11 is 0. The van der Waals surface area contributed by atoms with Crippen molar-refractivity contribution in [1.29, 1.82) is 0 Å². The van der Waals surface area contributed by atoms with Crippen molar-refractivity contribution in [2.45, 2.75) is 43.7 Å². The maximum absolute atomic E-state index is 11.2. The number of rotatable bonds is 2. The summed E-state index contributed by atoms with van der Waals surface area (Å²) in [6.07, 6.45) is 7.74. The summed E-state index contributed by atoms with van der Waals surface area (Å²) in [6.45, 7) is 0. The standard InChI is InChI=1S/C13H19NO3/c1-17-11-5-4-10-8-13(14,12(15)16)6-2-3-9(10)7-11/h4-5,11H,2-3,6-8,14H2,1H3,(H,15,16). The molecular weight excluding hydrogens is 218 g/mol. The van der Waals surface area contributed by atoms with Crippen molar-refractivity contribution in [1.82, 2.24) is 0 Å². The molecule has 2 aliphatic carbocycles. The smallest absolute Gasteiger partial charge is 0.324 e. The van der Waals surface area contributed by atoms with Crippen molar-refractivity contribution < 1.29 is 14.6 Å². The van der Waals surface area contributed by atoms with E-state index in [0.717, 1.165) is 24.8 Å². The Bertz CT molecular complexity index is 386. The maximum atomic E-state index is 11.2. The third-order valence-electron chi connectivity index (χ3n) is 3.75. The van der Waals surface area contributed by atoms with Gasteiger partial charge in [-0.25, -0.2) is 0 Å². The van der Waals surface area contributed by atoms with Crippen LogP contribution in [-0.2, 0) is 9.53 Å². The number of ether oxygens (including phenoxy) is 1. The van der Waals surface area contributed by atoms with Gasteiger partial charge in [-0.15, -0.1) is 0 Å². The molecule has 0 bridgehead atoms. The fourth-order valence-electron chi connectivity index (χ4n) is 2.62. The lowest BCUT2D eigenvalue weighted by atomic mass is 9.86. The molecule has 2 atom stereocenters. The first-order valence-electron chi connectivity index (χ1n) is 5.99. The fraction of sp³-hybridized carbons (Fsp3) is 0.615. The van der Waals surface area contributed by atoms with Crippen LogP contribution >= 0.6 is 0 Å². The Morgan fingerprint density at radius 2 is 2.41 bits per heavy atom. The molecule has 0 amide bonds. The maximum Gasteiger partial charge on any atom is 0.324 e. The van der Waals surface area contributed by atoms with Crippen molar-refractivity contribution in [2.24, 2.45) is 5.73 Å². The van der Waals surface area contributed by atoms with Crippen LogP contribution in [0.4, 0.5) is 0 Å². The van der Waals surface area contributed by atoms with E-state index < -0.39 is 11.5 Å². The van der Waals surface area contributed by atoms with E-state index >= 15 is 0 Å². The van der Waals surface area contributed by atoms with Gasteiger partial charge in [-0.1, -0.05) is 17.7 Å². The molecular formula is C13H19NO3. The Labute approximate surface area is 101 Å². The molecule has 94 valence electrons. The Morgan fingerprint density at radius 1 is 1.65 bits per heavy atom. The van der Waals surface area contributed by atoms with Gasteiger partial charge in [-0.05, 0) is 31.3 Å². The zero-order valence-corrected chi connectivity index (χ0v) is 10.1. The minimum absolute atomic E-state index is 0.129. The summed E-state index contributed by atoms with van der Waals surface area (Å²) in [5, 5.41) is 9.21. The number of carbonyl (C=O) groups is 1. The fourth-order valence-corrected chi connectivity index (χ4v) is 2.62. The predicted octanol–water partition coefficient (Wildman–Crippen LogP) is 1.61. The molecule has 0 aromatic heterocycles. The van der Waals surface area contributed by atoms with Crippen LogP contribution in [0.2, 0.25) is 0 Å². The van der Waals surface area contributed by atoms with Crippen LogP contribution < -0.4 is 5.73 Å². The van der Waals surface area contributed by atoms with Crippen LogP contribution in [0.25, 0.3) is 0 Å². The van der Waals surface area contributed by atoms with Crippen molar-refractivity contribution >= 4 is 5.97 Å². The minimum atomic E-state index is -1.10. The first-order valence-corrected chi connectivity index (χ1v) is 5.99. The van der Waals surface area contributed by atoms with Crippen LogP contribution in [0.15, 0.2) is 23.3 Å². The van der Waals surface area contributed by atoms with Crippen molar-refractivity contribution in [3.05, 3.63) is 23.3 Å². The van der Waals surface area contributed by atoms with Crippen molar-refractivity contribution in [3.63, 3.8) is 0 Å². The molecule has 0 aromatic carbocycles. The Kier molecular flexibility index (Phi) is 3.35. The summed E-state index contributed by atoms with van der Waals surface area (Å²) in [7, 11) is 1.70. The number of methoxy groups -OCH3 is 1. The van der Waals surface area contributed by atoms with Gasteiger partial charge < -0.3 is 15.6 Å². The molecule has 2 rings (SSSR count). The first-order chi connectivity index (χ1) is 8.05. The molecule has 4 heteroatoms. The zero-order chi connectivity index (χ0) is 12.5. The minimum Gasteiger partial charge on any atom is -0.480 e. The van der Waals surface area contributed by atoms with Crippen LogP contribution in [0, 0.1) is 0 Å². The first kappa shape index (κ1) is 12.3. The van der Waals surface area contributed by atoms with Crippen LogP contribution in [0.1, 0.15) is 32.1 Å². The van der Waals surface area contributed by atoms with Gasteiger partial charge >= 0.3 is 5.97 Å². The number of aliphatic carboxylic acids is 1. The molecule has 2 unspecified atom stereocenters. The largest absolute Gasteiger partial charge is 0.480 e. The van der Waals surface area contributed by atoms with Gasteiger partial charge in [0, 0.05) is 13.5 Å². The molecule has 0 aliphatic heterocycles. The molecule has 0 fully saturated rings. The summed E-state index contributed by atoms with van der Waals surface area (Å²) in [5.41, 5.74) is 7.29.